The zero-order chi connectivity index (χ0) is 12.1. The SMILES string of the molecule is COCc1cc(OC)cc(C(C)=O)c1OC. The van der Waals surface area contributed by atoms with Crippen molar-refractivity contribution in [1.82, 2.24) is 0 Å². The Morgan fingerprint density at radius 3 is 2.31 bits per heavy atom. The number of hydrogen-bond acceptors (Lipinski definition) is 4. The van der Waals surface area contributed by atoms with Crippen molar-refractivity contribution in [2.75, 3.05) is 21.3 Å². The van der Waals surface area contributed by atoms with E-state index >= 15 is 0 Å². The van der Waals surface area contributed by atoms with Crippen molar-refractivity contribution in [3.8, 4) is 11.5 Å². The molecule has 0 N–H and O–H groups in total. The average molecular weight is 224 g/mol. The summed E-state index contributed by atoms with van der Waals surface area (Å²) in [5.41, 5.74) is 1.31. The highest BCUT2D eigenvalue weighted by molar-refractivity contribution is 5.97. The van der Waals surface area contributed by atoms with Crippen molar-refractivity contribution >= 4 is 5.78 Å². The fourth-order valence-electron chi connectivity index (χ4n) is 1.54. The number of ether oxygens (including phenoxy) is 3. The van der Waals surface area contributed by atoms with Crippen LogP contribution < -0.4 is 9.47 Å². The molecule has 0 saturated carbocycles. The van der Waals surface area contributed by atoms with Crippen molar-refractivity contribution in [1.29, 1.82) is 0 Å². The van der Waals surface area contributed by atoms with Gasteiger partial charge in [-0.05, 0) is 19.1 Å². The lowest BCUT2D eigenvalue weighted by atomic mass is 10.1. The van der Waals surface area contributed by atoms with Gasteiger partial charge in [-0.2, -0.15) is 0 Å². The summed E-state index contributed by atoms with van der Waals surface area (Å²) in [5.74, 6) is 1.11. The van der Waals surface area contributed by atoms with Crippen LogP contribution in [0.4, 0.5) is 0 Å². The number of hydrogen-bond donors (Lipinski definition) is 0. The first-order chi connectivity index (χ1) is 7.63. The Balaban J connectivity index is 3.33. The van der Waals surface area contributed by atoms with Gasteiger partial charge < -0.3 is 14.2 Å². The molecule has 0 bridgehead atoms. The summed E-state index contributed by atoms with van der Waals surface area (Å²) in [6.45, 7) is 1.87. The third-order valence-corrected chi connectivity index (χ3v) is 2.26. The van der Waals surface area contributed by atoms with E-state index in [1.54, 1.807) is 26.4 Å². The van der Waals surface area contributed by atoms with Crippen LogP contribution in [0.25, 0.3) is 0 Å². The molecule has 16 heavy (non-hydrogen) atoms. The molecule has 0 atom stereocenters. The molecule has 1 aromatic rings. The average Bonchev–Trinajstić information content (AvgIpc) is 2.28. The number of Topliss-reactive ketones (excluding diaryl/α,β-unsaturated/α-hetero) is 1. The number of carbonyl (C=O) groups is 1. The molecule has 0 amide bonds. The third kappa shape index (κ3) is 2.52. The summed E-state index contributed by atoms with van der Waals surface area (Å²) in [7, 11) is 4.68. The molecule has 0 aromatic heterocycles. The zero-order valence-corrected chi connectivity index (χ0v) is 9.99. The second-order valence-electron chi connectivity index (χ2n) is 3.36. The lowest BCUT2D eigenvalue weighted by Crippen LogP contribution is -2.03. The van der Waals surface area contributed by atoms with E-state index in [1.165, 1.54) is 14.0 Å². The van der Waals surface area contributed by atoms with Crippen LogP contribution in [0.15, 0.2) is 12.1 Å². The maximum absolute atomic E-state index is 11.5. The molecule has 0 aliphatic rings. The summed E-state index contributed by atoms with van der Waals surface area (Å²) >= 11 is 0. The van der Waals surface area contributed by atoms with Gasteiger partial charge in [0.2, 0.25) is 0 Å². The molecule has 1 aromatic carbocycles. The van der Waals surface area contributed by atoms with Gasteiger partial charge >= 0.3 is 0 Å². The Morgan fingerprint density at radius 2 is 1.88 bits per heavy atom. The number of benzene rings is 1. The van der Waals surface area contributed by atoms with Gasteiger partial charge in [0.25, 0.3) is 0 Å². The number of rotatable bonds is 5. The van der Waals surface area contributed by atoms with Gasteiger partial charge in [0.1, 0.15) is 11.5 Å². The molecule has 0 unspecified atom stereocenters. The topological polar surface area (TPSA) is 44.8 Å². The molecular formula is C12H16O4. The second kappa shape index (κ2) is 5.51. The van der Waals surface area contributed by atoms with Crippen LogP contribution in [0.1, 0.15) is 22.8 Å². The molecule has 4 heteroatoms. The summed E-state index contributed by atoms with van der Waals surface area (Å²) in [5, 5.41) is 0. The third-order valence-electron chi connectivity index (χ3n) is 2.26. The Hall–Kier alpha value is -1.55. The van der Waals surface area contributed by atoms with Gasteiger partial charge in [-0.3, -0.25) is 4.79 Å². The van der Waals surface area contributed by atoms with Gasteiger partial charge in [0.15, 0.2) is 5.78 Å². The molecule has 0 fully saturated rings. The van der Waals surface area contributed by atoms with Crippen LogP contribution in [0.5, 0.6) is 11.5 Å². The highest BCUT2D eigenvalue weighted by atomic mass is 16.5. The standard InChI is InChI=1S/C12H16O4/c1-8(13)11-6-10(15-3)5-9(7-14-2)12(11)16-4/h5-6H,7H2,1-4H3. The van der Waals surface area contributed by atoms with E-state index in [2.05, 4.69) is 0 Å². The first-order valence-electron chi connectivity index (χ1n) is 4.88. The van der Waals surface area contributed by atoms with Crippen molar-refractivity contribution in [3.05, 3.63) is 23.3 Å². The van der Waals surface area contributed by atoms with Gasteiger partial charge in [0, 0.05) is 12.7 Å². The van der Waals surface area contributed by atoms with Crippen molar-refractivity contribution in [2.24, 2.45) is 0 Å². The first-order valence-corrected chi connectivity index (χ1v) is 4.88. The number of carbonyl (C=O) groups excluding carboxylic acids is 1. The Bertz CT molecular complexity index is 385. The highest BCUT2D eigenvalue weighted by Crippen LogP contribution is 2.30. The maximum atomic E-state index is 11.5. The Morgan fingerprint density at radius 1 is 1.19 bits per heavy atom. The first kappa shape index (κ1) is 12.5. The van der Waals surface area contributed by atoms with Gasteiger partial charge in [-0.15, -0.1) is 0 Å². The minimum Gasteiger partial charge on any atom is -0.497 e. The fourth-order valence-corrected chi connectivity index (χ4v) is 1.54. The lowest BCUT2D eigenvalue weighted by Gasteiger charge is -2.13. The minimum atomic E-state index is -0.0619. The van der Waals surface area contributed by atoms with Crippen LogP contribution in [0.2, 0.25) is 0 Å². The molecule has 0 aliphatic heterocycles. The number of ketones is 1. The highest BCUT2D eigenvalue weighted by Gasteiger charge is 2.15. The molecule has 88 valence electrons. The van der Waals surface area contributed by atoms with Gasteiger partial charge in [0.05, 0.1) is 26.4 Å². The fraction of sp³-hybridized carbons (Fsp3) is 0.417. The van der Waals surface area contributed by atoms with E-state index in [-0.39, 0.29) is 5.78 Å². The molecule has 0 aliphatic carbocycles. The van der Waals surface area contributed by atoms with Crippen LogP contribution >= 0.6 is 0 Å². The van der Waals surface area contributed by atoms with E-state index < -0.39 is 0 Å². The Labute approximate surface area is 95.1 Å². The van der Waals surface area contributed by atoms with E-state index in [4.69, 9.17) is 14.2 Å². The van der Waals surface area contributed by atoms with Crippen LogP contribution in [-0.2, 0) is 11.3 Å². The Kier molecular flexibility index (Phi) is 4.31. The van der Waals surface area contributed by atoms with E-state index in [0.717, 1.165) is 5.56 Å². The van der Waals surface area contributed by atoms with Crippen LogP contribution in [-0.4, -0.2) is 27.1 Å². The van der Waals surface area contributed by atoms with E-state index in [0.29, 0.717) is 23.7 Å². The predicted octanol–water partition coefficient (Wildman–Crippen LogP) is 2.05. The van der Waals surface area contributed by atoms with Gasteiger partial charge in [-0.25, -0.2) is 0 Å². The van der Waals surface area contributed by atoms with E-state index in [9.17, 15) is 4.79 Å². The number of methoxy groups -OCH3 is 3. The smallest absolute Gasteiger partial charge is 0.163 e. The second-order valence-corrected chi connectivity index (χ2v) is 3.36. The molecule has 0 heterocycles. The van der Waals surface area contributed by atoms with Crippen molar-refractivity contribution in [3.63, 3.8) is 0 Å². The maximum Gasteiger partial charge on any atom is 0.163 e. The monoisotopic (exact) mass is 224 g/mol. The van der Waals surface area contributed by atoms with Crippen LogP contribution in [0.3, 0.4) is 0 Å². The largest absolute Gasteiger partial charge is 0.497 e. The van der Waals surface area contributed by atoms with Crippen molar-refractivity contribution in [2.45, 2.75) is 13.5 Å². The molecule has 0 saturated heterocycles. The van der Waals surface area contributed by atoms with Crippen LogP contribution in [0, 0.1) is 0 Å². The van der Waals surface area contributed by atoms with E-state index in [1.807, 2.05) is 0 Å². The normalized spacial score (nSPS) is 10.0. The quantitative estimate of drug-likeness (QED) is 0.718. The van der Waals surface area contributed by atoms with Crippen molar-refractivity contribution < 1.29 is 19.0 Å². The summed E-state index contributed by atoms with van der Waals surface area (Å²) in [6, 6.07) is 3.47. The summed E-state index contributed by atoms with van der Waals surface area (Å²) < 4.78 is 15.4. The molecule has 4 nitrogen and oxygen atoms in total. The predicted molar refractivity (Wildman–Crippen MR) is 60.3 cm³/mol. The zero-order valence-electron chi connectivity index (χ0n) is 9.99. The molecule has 0 spiro atoms. The summed E-state index contributed by atoms with van der Waals surface area (Å²) in [6.07, 6.45) is 0. The minimum absolute atomic E-state index is 0.0619. The molecule has 0 radical (unpaired) electrons. The molecular weight excluding hydrogens is 208 g/mol. The molecule has 1 rings (SSSR count). The lowest BCUT2D eigenvalue weighted by molar-refractivity contribution is 0.101. The summed E-state index contributed by atoms with van der Waals surface area (Å²) in [4.78, 5) is 11.5. The van der Waals surface area contributed by atoms with Gasteiger partial charge in [-0.1, -0.05) is 0 Å².